The quantitative estimate of drug-likeness (QED) is 0.659. The summed E-state index contributed by atoms with van der Waals surface area (Å²) in [7, 11) is 1.72. The fourth-order valence-corrected chi connectivity index (χ4v) is 4.21. The van der Waals surface area contributed by atoms with Crippen LogP contribution in [0.15, 0.2) is 30.6 Å². The van der Waals surface area contributed by atoms with Gasteiger partial charge in [0.2, 0.25) is 5.88 Å². The molecule has 2 amide bonds. The molecule has 3 heterocycles. The maximum atomic E-state index is 13.2. The lowest BCUT2D eigenvalue weighted by Crippen LogP contribution is -2.51. The molecule has 0 bridgehead atoms. The molecular formula is C23H28N6O3. The van der Waals surface area contributed by atoms with E-state index < -0.39 is 0 Å². The van der Waals surface area contributed by atoms with Crippen molar-refractivity contribution in [2.24, 2.45) is 13.0 Å². The predicted octanol–water partition coefficient (Wildman–Crippen LogP) is 2.35. The number of rotatable bonds is 5. The van der Waals surface area contributed by atoms with Crippen LogP contribution in [0.3, 0.4) is 0 Å². The first kappa shape index (κ1) is 21.7. The third-order valence-electron chi connectivity index (χ3n) is 5.90. The Balaban J connectivity index is 1.42. The molecule has 0 spiro atoms. The van der Waals surface area contributed by atoms with E-state index in [1.807, 2.05) is 24.8 Å². The van der Waals surface area contributed by atoms with Crippen LogP contribution < -0.4 is 10.1 Å². The van der Waals surface area contributed by atoms with E-state index in [2.05, 4.69) is 27.3 Å². The van der Waals surface area contributed by atoms with Crippen molar-refractivity contribution in [1.29, 1.82) is 0 Å². The molecule has 1 aliphatic heterocycles. The molecule has 2 aromatic heterocycles. The third kappa shape index (κ3) is 4.28. The van der Waals surface area contributed by atoms with E-state index in [9.17, 15) is 9.59 Å². The zero-order chi connectivity index (χ0) is 22.8. The topological polar surface area (TPSA) is 102 Å². The molecule has 0 aliphatic carbocycles. The second-order valence-corrected chi connectivity index (χ2v) is 8.24. The third-order valence-corrected chi connectivity index (χ3v) is 5.90. The van der Waals surface area contributed by atoms with Gasteiger partial charge in [0.15, 0.2) is 0 Å². The standard InChI is InChI=1S/C23H28N6O3/c1-5-32-20-12-19(28(4)27-20)22(30)26-17-6-9-29(13-15(17)3)23(31)16-10-14(2)21-18(11-16)24-7-8-25-21/h7-8,10-12,15,17H,5-6,9,13H2,1-4H3,(H,26,30)/t15-,17+/m0/s1. The van der Waals surface area contributed by atoms with Gasteiger partial charge in [-0.05, 0) is 43.9 Å². The van der Waals surface area contributed by atoms with Crippen LogP contribution in [0.4, 0.5) is 0 Å². The molecule has 0 saturated carbocycles. The van der Waals surface area contributed by atoms with Gasteiger partial charge in [0.05, 0.1) is 17.6 Å². The number of ether oxygens (including phenoxy) is 1. The fourth-order valence-electron chi connectivity index (χ4n) is 4.21. The van der Waals surface area contributed by atoms with Gasteiger partial charge in [-0.25, -0.2) is 0 Å². The SMILES string of the molecule is CCOc1cc(C(=O)N[C@@H]2CCN(C(=O)c3cc(C)c4nccnc4c3)C[C@@H]2C)n(C)n1. The number of carbonyl (C=O) groups is 2. The number of amides is 2. The number of piperidine rings is 1. The highest BCUT2D eigenvalue weighted by Gasteiger charge is 2.31. The molecule has 9 heteroatoms. The van der Waals surface area contributed by atoms with Crippen LogP contribution in [-0.2, 0) is 7.05 Å². The van der Waals surface area contributed by atoms with E-state index in [-0.39, 0.29) is 23.8 Å². The summed E-state index contributed by atoms with van der Waals surface area (Å²) in [5.41, 5.74) is 3.52. The molecule has 9 nitrogen and oxygen atoms in total. The van der Waals surface area contributed by atoms with Crippen molar-refractivity contribution in [3.05, 3.63) is 47.4 Å². The molecule has 1 fully saturated rings. The molecule has 1 aromatic carbocycles. The summed E-state index contributed by atoms with van der Waals surface area (Å²) in [5.74, 6) is 0.332. The summed E-state index contributed by atoms with van der Waals surface area (Å²) < 4.78 is 6.90. The second kappa shape index (κ2) is 8.94. The van der Waals surface area contributed by atoms with Crippen molar-refractivity contribution in [2.75, 3.05) is 19.7 Å². The Hall–Kier alpha value is -3.49. The van der Waals surface area contributed by atoms with Crippen LogP contribution in [0.25, 0.3) is 11.0 Å². The Morgan fingerprint density at radius 1 is 1.22 bits per heavy atom. The number of fused-ring (bicyclic) bond motifs is 1. The molecule has 1 aliphatic rings. The van der Waals surface area contributed by atoms with Gasteiger partial charge in [-0.3, -0.25) is 24.2 Å². The van der Waals surface area contributed by atoms with E-state index in [1.54, 1.807) is 31.6 Å². The van der Waals surface area contributed by atoms with Crippen molar-refractivity contribution in [2.45, 2.75) is 33.2 Å². The van der Waals surface area contributed by atoms with Crippen LogP contribution >= 0.6 is 0 Å². The highest BCUT2D eigenvalue weighted by atomic mass is 16.5. The lowest BCUT2D eigenvalue weighted by atomic mass is 9.93. The van der Waals surface area contributed by atoms with Crippen molar-refractivity contribution < 1.29 is 14.3 Å². The number of carbonyl (C=O) groups excluding carboxylic acids is 2. The minimum absolute atomic E-state index is 0.0229. The monoisotopic (exact) mass is 436 g/mol. The van der Waals surface area contributed by atoms with Gasteiger partial charge in [0.25, 0.3) is 11.8 Å². The van der Waals surface area contributed by atoms with Crippen molar-refractivity contribution in [1.82, 2.24) is 30.0 Å². The number of hydrogen-bond donors (Lipinski definition) is 1. The minimum Gasteiger partial charge on any atom is -0.477 e. The normalized spacial score (nSPS) is 18.6. The number of nitrogens with zero attached hydrogens (tertiary/aromatic N) is 5. The van der Waals surface area contributed by atoms with Crippen LogP contribution in [0.5, 0.6) is 5.88 Å². The van der Waals surface area contributed by atoms with Gasteiger partial charge >= 0.3 is 0 Å². The van der Waals surface area contributed by atoms with Crippen molar-refractivity contribution in [3.63, 3.8) is 0 Å². The molecule has 168 valence electrons. The van der Waals surface area contributed by atoms with Crippen molar-refractivity contribution >= 4 is 22.8 Å². The number of benzene rings is 1. The van der Waals surface area contributed by atoms with Gasteiger partial charge in [-0.15, -0.1) is 5.10 Å². The van der Waals surface area contributed by atoms with Crippen LogP contribution in [0.1, 0.15) is 46.7 Å². The second-order valence-electron chi connectivity index (χ2n) is 8.24. The molecule has 4 rings (SSSR count). The number of hydrogen-bond acceptors (Lipinski definition) is 6. The lowest BCUT2D eigenvalue weighted by Gasteiger charge is -2.37. The van der Waals surface area contributed by atoms with Gasteiger partial charge in [0, 0.05) is 50.2 Å². The summed E-state index contributed by atoms with van der Waals surface area (Å²) in [4.78, 5) is 36.5. The minimum atomic E-state index is -0.189. The van der Waals surface area contributed by atoms with Gasteiger partial charge in [-0.2, -0.15) is 0 Å². The first-order valence-electron chi connectivity index (χ1n) is 10.9. The largest absolute Gasteiger partial charge is 0.477 e. The number of aromatic nitrogens is 4. The summed E-state index contributed by atoms with van der Waals surface area (Å²) in [6.07, 6.45) is 3.97. The van der Waals surface area contributed by atoms with E-state index in [0.717, 1.165) is 11.1 Å². The van der Waals surface area contributed by atoms with Crippen LogP contribution in [-0.4, -0.2) is 62.2 Å². The molecular weight excluding hydrogens is 408 g/mol. The first-order valence-corrected chi connectivity index (χ1v) is 10.9. The maximum Gasteiger partial charge on any atom is 0.269 e. The Morgan fingerprint density at radius 3 is 2.75 bits per heavy atom. The molecule has 1 saturated heterocycles. The van der Waals surface area contributed by atoms with Gasteiger partial charge < -0.3 is 15.0 Å². The van der Waals surface area contributed by atoms with Crippen LogP contribution in [0, 0.1) is 12.8 Å². The Kier molecular flexibility index (Phi) is 6.07. The van der Waals surface area contributed by atoms with E-state index in [0.29, 0.717) is 48.8 Å². The molecule has 2 atom stereocenters. The molecule has 0 radical (unpaired) electrons. The molecule has 32 heavy (non-hydrogen) atoms. The van der Waals surface area contributed by atoms with Crippen molar-refractivity contribution in [3.8, 4) is 5.88 Å². The van der Waals surface area contributed by atoms with Gasteiger partial charge in [-0.1, -0.05) is 6.92 Å². The average molecular weight is 437 g/mol. The maximum absolute atomic E-state index is 13.2. The lowest BCUT2D eigenvalue weighted by molar-refractivity contribution is 0.0632. The number of aryl methyl sites for hydroxylation is 2. The smallest absolute Gasteiger partial charge is 0.269 e. The highest BCUT2D eigenvalue weighted by Crippen LogP contribution is 2.22. The predicted molar refractivity (Wildman–Crippen MR) is 120 cm³/mol. The zero-order valence-corrected chi connectivity index (χ0v) is 18.8. The highest BCUT2D eigenvalue weighted by molar-refractivity contribution is 5.98. The summed E-state index contributed by atoms with van der Waals surface area (Å²) in [6, 6.07) is 5.29. The van der Waals surface area contributed by atoms with E-state index >= 15 is 0 Å². The van der Waals surface area contributed by atoms with E-state index in [4.69, 9.17) is 4.74 Å². The van der Waals surface area contributed by atoms with E-state index in [1.165, 1.54) is 4.68 Å². The van der Waals surface area contributed by atoms with Crippen LogP contribution in [0.2, 0.25) is 0 Å². The Morgan fingerprint density at radius 2 is 2.00 bits per heavy atom. The van der Waals surface area contributed by atoms with Gasteiger partial charge in [0.1, 0.15) is 5.69 Å². The summed E-state index contributed by atoms with van der Waals surface area (Å²) in [5, 5.41) is 7.30. The Bertz CT molecular complexity index is 1160. The number of nitrogens with one attached hydrogen (secondary N) is 1. The molecule has 1 N–H and O–H groups in total. The first-order chi connectivity index (χ1) is 15.4. The Labute approximate surface area is 186 Å². The summed E-state index contributed by atoms with van der Waals surface area (Å²) >= 11 is 0. The molecule has 0 unspecified atom stereocenters. The number of likely N-dealkylation sites (tertiary alicyclic amines) is 1. The summed E-state index contributed by atoms with van der Waals surface area (Å²) in [6.45, 7) is 7.49. The zero-order valence-electron chi connectivity index (χ0n) is 18.8. The average Bonchev–Trinajstić information content (AvgIpc) is 3.15. The molecule has 3 aromatic rings. The fraction of sp³-hybridized carbons (Fsp3) is 0.435.